The van der Waals surface area contributed by atoms with Crippen LogP contribution in [0.3, 0.4) is 0 Å². The van der Waals surface area contributed by atoms with Gasteiger partial charge in [0.25, 0.3) is 5.69 Å². The Hall–Kier alpha value is -2.21. The molecule has 3 aliphatic rings. The molecular formula is C18H19N3O3. The smallest absolute Gasteiger partial charge is 0.271 e. The number of hydrogen-bond acceptors (Lipinski definition) is 4. The van der Waals surface area contributed by atoms with Crippen molar-refractivity contribution in [3.8, 4) is 0 Å². The molecule has 3 aliphatic heterocycles. The van der Waals surface area contributed by atoms with E-state index >= 15 is 0 Å². The van der Waals surface area contributed by atoms with Gasteiger partial charge in [-0.25, -0.2) is 0 Å². The molecule has 6 nitrogen and oxygen atoms in total. The van der Waals surface area contributed by atoms with E-state index in [1.165, 1.54) is 5.56 Å². The number of benzene rings is 1. The molecule has 5 rings (SSSR count). The maximum atomic E-state index is 13.0. The highest BCUT2D eigenvalue weighted by Gasteiger charge is 2.51. The van der Waals surface area contributed by atoms with Crippen molar-refractivity contribution in [2.45, 2.75) is 38.6 Å². The summed E-state index contributed by atoms with van der Waals surface area (Å²) in [5.41, 5.74) is 3.09. The lowest BCUT2D eigenvalue weighted by molar-refractivity contribution is -0.384. The van der Waals surface area contributed by atoms with Crippen LogP contribution in [-0.4, -0.2) is 33.4 Å². The van der Waals surface area contributed by atoms with Crippen molar-refractivity contribution in [3.63, 3.8) is 0 Å². The molecule has 0 N–H and O–H groups in total. The van der Waals surface area contributed by atoms with E-state index in [-0.39, 0.29) is 28.0 Å². The summed E-state index contributed by atoms with van der Waals surface area (Å²) in [6.45, 7) is 4.33. The van der Waals surface area contributed by atoms with E-state index in [9.17, 15) is 14.9 Å². The third-order valence-electron chi connectivity index (χ3n) is 6.24. The fourth-order valence-corrected chi connectivity index (χ4v) is 5.30. The van der Waals surface area contributed by atoms with E-state index in [0.717, 1.165) is 43.4 Å². The predicted octanol–water partition coefficient (Wildman–Crippen LogP) is 3.29. The van der Waals surface area contributed by atoms with Crippen LogP contribution in [0.4, 0.5) is 5.69 Å². The number of nitrogens with zero attached hydrogens (tertiary/aromatic N) is 3. The molecule has 0 saturated carbocycles. The number of carbonyl (C=O) groups is 1. The predicted molar refractivity (Wildman–Crippen MR) is 89.2 cm³/mol. The highest BCUT2D eigenvalue weighted by Crippen LogP contribution is 2.55. The number of non-ortho nitro benzene ring substituents is 1. The van der Waals surface area contributed by atoms with Crippen molar-refractivity contribution in [3.05, 3.63) is 39.6 Å². The number of carbonyl (C=O) groups excluding carboxylic acids is 1. The molecule has 0 unspecified atom stereocenters. The quantitative estimate of drug-likeness (QED) is 0.596. The molecule has 1 aromatic heterocycles. The second kappa shape index (κ2) is 4.45. The molecule has 1 fully saturated rings. The zero-order chi connectivity index (χ0) is 16.6. The Labute approximate surface area is 139 Å². The Morgan fingerprint density at radius 2 is 2.17 bits per heavy atom. The summed E-state index contributed by atoms with van der Waals surface area (Å²) in [6.07, 6.45) is 3.64. The zero-order valence-electron chi connectivity index (χ0n) is 13.6. The zero-order valence-corrected chi connectivity index (χ0v) is 13.6. The van der Waals surface area contributed by atoms with Crippen molar-refractivity contribution >= 4 is 22.5 Å². The van der Waals surface area contributed by atoms with Gasteiger partial charge in [0, 0.05) is 36.2 Å². The molecule has 0 amide bonds. The van der Waals surface area contributed by atoms with E-state index in [2.05, 4.69) is 11.8 Å². The maximum absolute atomic E-state index is 13.0. The van der Waals surface area contributed by atoms with Gasteiger partial charge in [-0.1, -0.05) is 6.92 Å². The van der Waals surface area contributed by atoms with Gasteiger partial charge in [-0.05, 0) is 42.9 Å². The molecule has 2 atom stereocenters. The van der Waals surface area contributed by atoms with Gasteiger partial charge in [-0.15, -0.1) is 0 Å². The van der Waals surface area contributed by atoms with Crippen molar-refractivity contribution in [1.82, 2.24) is 9.47 Å². The second-order valence-corrected chi connectivity index (χ2v) is 7.67. The lowest BCUT2D eigenvalue weighted by Crippen LogP contribution is -2.52. The topological polar surface area (TPSA) is 68.4 Å². The monoisotopic (exact) mass is 325 g/mol. The van der Waals surface area contributed by atoms with E-state index in [0.29, 0.717) is 11.9 Å². The van der Waals surface area contributed by atoms with Crippen LogP contribution in [0.1, 0.15) is 48.3 Å². The fourth-order valence-electron chi connectivity index (χ4n) is 5.30. The molecule has 1 aromatic carbocycles. The molecular weight excluding hydrogens is 306 g/mol. The van der Waals surface area contributed by atoms with E-state index < -0.39 is 0 Å². The number of fused-ring (bicyclic) bond motifs is 3. The van der Waals surface area contributed by atoms with Crippen LogP contribution in [0.15, 0.2) is 18.2 Å². The van der Waals surface area contributed by atoms with Crippen LogP contribution in [0, 0.1) is 15.5 Å². The summed E-state index contributed by atoms with van der Waals surface area (Å²) in [6, 6.07) is 5.22. The third kappa shape index (κ3) is 1.61. The lowest BCUT2D eigenvalue weighted by Gasteiger charge is -2.53. The van der Waals surface area contributed by atoms with Crippen LogP contribution in [-0.2, 0) is 6.42 Å². The Kier molecular flexibility index (Phi) is 2.62. The van der Waals surface area contributed by atoms with Gasteiger partial charge in [0.15, 0.2) is 0 Å². The summed E-state index contributed by atoms with van der Waals surface area (Å²) >= 11 is 0. The van der Waals surface area contributed by atoms with E-state index in [1.54, 1.807) is 16.7 Å². The number of hydrogen-bond donors (Lipinski definition) is 0. The van der Waals surface area contributed by atoms with Crippen molar-refractivity contribution in [1.29, 1.82) is 0 Å². The van der Waals surface area contributed by atoms with Crippen LogP contribution >= 0.6 is 0 Å². The van der Waals surface area contributed by atoms with Gasteiger partial charge in [0.2, 0.25) is 5.91 Å². The van der Waals surface area contributed by atoms with Gasteiger partial charge in [-0.2, -0.15) is 0 Å². The Bertz CT molecular complexity index is 916. The molecule has 0 bridgehead atoms. The average molecular weight is 325 g/mol. The molecule has 6 heteroatoms. The minimum absolute atomic E-state index is 0.0131. The number of rotatable bonds is 1. The lowest BCUT2D eigenvalue weighted by atomic mass is 9.67. The van der Waals surface area contributed by atoms with Crippen LogP contribution in [0.2, 0.25) is 0 Å². The van der Waals surface area contributed by atoms with Gasteiger partial charge < -0.3 is 0 Å². The van der Waals surface area contributed by atoms with Crippen molar-refractivity contribution < 1.29 is 9.72 Å². The minimum Gasteiger partial charge on any atom is -0.294 e. The number of nitro groups is 1. The van der Waals surface area contributed by atoms with Gasteiger partial charge in [0.1, 0.15) is 0 Å². The van der Waals surface area contributed by atoms with E-state index in [4.69, 9.17) is 0 Å². The van der Waals surface area contributed by atoms with Crippen molar-refractivity contribution in [2.24, 2.45) is 5.41 Å². The van der Waals surface area contributed by atoms with Crippen LogP contribution in [0.5, 0.6) is 0 Å². The van der Waals surface area contributed by atoms with Crippen molar-refractivity contribution in [2.75, 3.05) is 13.1 Å². The highest BCUT2D eigenvalue weighted by molar-refractivity contribution is 5.98. The second-order valence-electron chi connectivity index (χ2n) is 7.67. The maximum Gasteiger partial charge on any atom is 0.271 e. The molecule has 2 aromatic rings. The Morgan fingerprint density at radius 1 is 1.33 bits per heavy atom. The Balaban J connectivity index is 1.85. The average Bonchev–Trinajstić information content (AvgIpc) is 2.87. The van der Waals surface area contributed by atoms with Gasteiger partial charge in [0.05, 0.1) is 16.5 Å². The first-order valence-electron chi connectivity index (χ1n) is 8.58. The van der Waals surface area contributed by atoms with Gasteiger partial charge in [-0.3, -0.25) is 24.4 Å². The molecule has 124 valence electrons. The molecule has 0 aliphatic carbocycles. The summed E-state index contributed by atoms with van der Waals surface area (Å²) in [5.74, 6) is 0.0873. The van der Waals surface area contributed by atoms with Crippen LogP contribution in [0.25, 0.3) is 10.9 Å². The molecule has 0 radical (unpaired) electrons. The first-order chi connectivity index (χ1) is 11.5. The SMILES string of the molecule is C[C@]12CCCN3CCc4c(n(c5cc([N+](=O)[O-])ccc45)C(=O)C1)[C@H]32. The molecule has 1 saturated heterocycles. The number of nitro benzene ring substituents is 1. The summed E-state index contributed by atoms with van der Waals surface area (Å²) in [4.78, 5) is 26.3. The largest absolute Gasteiger partial charge is 0.294 e. The number of piperidine rings is 1. The van der Waals surface area contributed by atoms with E-state index in [1.807, 2.05) is 6.07 Å². The molecule has 24 heavy (non-hydrogen) atoms. The molecule has 0 spiro atoms. The Morgan fingerprint density at radius 3 is 2.96 bits per heavy atom. The summed E-state index contributed by atoms with van der Waals surface area (Å²) in [7, 11) is 0. The first kappa shape index (κ1) is 14.2. The number of aromatic nitrogens is 1. The summed E-state index contributed by atoms with van der Waals surface area (Å²) < 4.78 is 1.79. The van der Waals surface area contributed by atoms with Crippen LogP contribution < -0.4 is 0 Å². The normalized spacial score (nSPS) is 28.9. The van der Waals surface area contributed by atoms with Gasteiger partial charge >= 0.3 is 0 Å². The standard InChI is InChI=1S/C18H19N3O3/c1-18-6-2-7-19-8-5-13-12-4-3-11(21(23)24)9-14(12)20(15(22)10-18)16(13)17(18)19/h3-4,9,17H,2,5-8,10H2,1H3/t17-,18-/m0/s1. The first-order valence-corrected chi connectivity index (χ1v) is 8.58. The fraction of sp³-hybridized carbons (Fsp3) is 0.500. The summed E-state index contributed by atoms with van der Waals surface area (Å²) in [5, 5.41) is 12.2. The highest BCUT2D eigenvalue weighted by atomic mass is 16.6. The molecule has 4 heterocycles. The minimum atomic E-state index is -0.386. The third-order valence-corrected chi connectivity index (χ3v) is 6.24.